The molecule has 144 valence electrons. The van der Waals surface area contributed by atoms with Crippen molar-refractivity contribution in [3.8, 4) is 11.4 Å². The number of carbonyl (C=O) groups excluding carboxylic acids is 1. The zero-order valence-electron chi connectivity index (χ0n) is 15.6. The van der Waals surface area contributed by atoms with Gasteiger partial charge in [-0.3, -0.25) is 4.79 Å². The number of nitrogens with zero attached hydrogens (tertiary/aromatic N) is 3. The van der Waals surface area contributed by atoms with Gasteiger partial charge in [0.05, 0.1) is 5.92 Å². The van der Waals surface area contributed by atoms with Crippen molar-refractivity contribution < 1.29 is 18.1 Å². The van der Waals surface area contributed by atoms with Crippen LogP contribution < -0.4 is 0 Å². The molecule has 28 heavy (non-hydrogen) atoms. The number of aryl methyl sites for hydroxylation is 2. The number of halogens is 2. The molecule has 0 radical (unpaired) electrons. The molecule has 0 spiro atoms. The molecule has 2 heterocycles. The van der Waals surface area contributed by atoms with Gasteiger partial charge >= 0.3 is 0 Å². The van der Waals surface area contributed by atoms with Crippen molar-refractivity contribution in [3.05, 3.63) is 70.6 Å². The van der Waals surface area contributed by atoms with E-state index in [9.17, 15) is 13.6 Å². The number of benzene rings is 2. The zero-order chi connectivity index (χ0) is 19.8. The van der Waals surface area contributed by atoms with Crippen molar-refractivity contribution in [3.63, 3.8) is 0 Å². The summed E-state index contributed by atoms with van der Waals surface area (Å²) in [5.41, 5.74) is 3.44. The molecule has 0 N–H and O–H groups in total. The van der Waals surface area contributed by atoms with E-state index >= 15 is 0 Å². The summed E-state index contributed by atoms with van der Waals surface area (Å²) in [6.07, 6.45) is 0.228. The Kier molecular flexibility index (Phi) is 4.66. The van der Waals surface area contributed by atoms with Gasteiger partial charge in [0, 0.05) is 31.1 Å². The number of hydrogen-bond acceptors (Lipinski definition) is 4. The molecular weight excluding hydrogens is 364 g/mol. The summed E-state index contributed by atoms with van der Waals surface area (Å²) in [6, 6.07) is 9.28. The highest BCUT2D eigenvalue weighted by molar-refractivity contribution is 5.79. The van der Waals surface area contributed by atoms with E-state index < -0.39 is 11.6 Å². The third kappa shape index (κ3) is 3.65. The fourth-order valence-corrected chi connectivity index (χ4v) is 3.50. The second-order valence-electron chi connectivity index (χ2n) is 7.23. The lowest BCUT2D eigenvalue weighted by Gasteiger charge is -2.16. The molecule has 1 aliphatic heterocycles. The van der Waals surface area contributed by atoms with E-state index in [2.05, 4.69) is 10.1 Å². The standard InChI is InChI=1S/C21H19F2N3O2/c1-12-3-4-13(2)18(5-12)20-24-21(28-25-20)15-8-19(27)26(11-15)10-14-6-16(22)9-17(23)7-14/h3-7,9,15H,8,10-11H2,1-2H3. The van der Waals surface area contributed by atoms with E-state index in [4.69, 9.17) is 4.52 Å². The molecule has 1 amide bonds. The summed E-state index contributed by atoms with van der Waals surface area (Å²) in [5, 5.41) is 4.08. The SMILES string of the molecule is Cc1ccc(C)c(-c2noc(C3CC(=O)N(Cc4cc(F)cc(F)c4)C3)n2)c1. The van der Waals surface area contributed by atoms with Crippen LogP contribution in [0.1, 0.15) is 34.9 Å². The second-order valence-corrected chi connectivity index (χ2v) is 7.23. The molecule has 1 fully saturated rings. The Balaban J connectivity index is 1.51. The Hall–Kier alpha value is -3.09. The number of hydrogen-bond donors (Lipinski definition) is 0. The van der Waals surface area contributed by atoms with Gasteiger partial charge in [0.15, 0.2) is 0 Å². The minimum Gasteiger partial charge on any atom is -0.339 e. The minimum absolute atomic E-state index is 0.110. The van der Waals surface area contributed by atoms with Crippen LogP contribution in [-0.2, 0) is 11.3 Å². The number of amides is 1. The lowest BCUT2D eigenvalue weighted by atomic mass is 10.1. The van der Waals surface area contributed by atoms with Crippen molar-refractivity contribution >= 4 is 5.91 Å². The van der Waals surface area contributed by atoms with Gasteiger partial charge in [0.2, 0.25) is 17.6 Å². The van der Waals surface area contributed by atoms with Gasteiger partial charge in [-0.25, -0.2) is 8.78 Å². The topological polar surface area (TPSA) is 59.2 Å². The number of rotatable bonds is 4. The molecule has 1 saturated heterocycles. The van der Waals surface area contributed by atoms with Crippen molar-refractivity contribution in [2.24, 2.45) is 0 Å². The van der Waals surface area contributed by atoms with E-state index in [0.29, 0.717) is 23.8 Å². The maximum atomic E-state index is 13.4. The Morgan fingerprint density at radius 1 is 1.14 bits per heavy atom. The summed E-state index contributed by atoms with van der Waals surface area (Å²) < 4.78 is 32.2. The Morgan fingerprint density at radius 3 is 2.64 bits per heavy atom. The average Bonchev–Trinajstić information content (AvgIpc) is 3.24. The Morgan fingerprint density at radius 2 is 1.89 bits per heavy atom. The van der Waals surface area contributed by atoms with E-state index in [1.165, 1.54) is 12.1 Å². The fraction of sp³-hybridized carbons (Fsp3) is 0.286. The predicted molar refractivity (Wildman–Crippen MR) is 98.3 cm³/mol. The van der Waals surface area contributed by atoms with Gasteiger partial charge in [-0.05, 0) is 43.2 Å². The van der Waals surface area contributed by atoms with E-state index in [-0.39, 0.29) is 24.8 Å². The molecule has 0 saturated carbocycles. The average molecular weight is 383 g/mol. The monoisotopic (exact) mass is 383 g/mol. The third-order valence-electron chi connectivity index (χ3n) is 4.94. The zero-order valence-corrected chi connectivity index (χ0v) is 15.6. The first-order valence-corrected chi connectivity index (χ1v) is 9.03. The predicted octanol–water partition coefficient (Wildman–Crippen LogP) is 4.15. The highest BCUT2D eigenvalue weighted by atomic mass is 19.1. The fourth-order valence-electron chi connectivity index (χ4n) is 3.50. The number of aromatic nitrogens is 2. The quantitative estimate of drug-likeness (QED) is 0.679. The van der Waals surface area contributed by atoms with Gasteiger partial charge in [-0.15, -0.1) is 0 Å². The first-order chi connectivity index (χ1) is 13.4. The Bertz CT molecular complexity index is 1030. The highest BCUT2D eigenvalue weighted by Gasteiger charge is 2.34. The molecule has 4 rings (SSSR count). The first-order valence-electron chi connectivity index (χ1n) is 9.03. The molecule has 3 aromatic rings. The smallest absolute Gasteiger partial charge is 0.232 e. The van der Waals surface area contributed by atoms with Crippen LogP contribution in [0.2, 0.25) is 0 Å². The molecule has 1 aromatic heterocycles. The number of likely N-dealkylation sites (tertiary alicyclic amines) is 1. The van der Waals surface area contributed by atoms with Crippen molar-refractivity contribution in [2.45, 2.75) is 32.7 Å². The summed E-state index contributed by atoms with van der Waals surface area (Å²) in [4.78, 5) is 18.4. The summed E-state index contributed by atoms with van der Waals surface area (Å²) in [5.74, 6) is -0.772. The van der Waals surface area contributed by atoms with E-state index in [1.54, 1.807) is 4.90 Å². The van der Waals surface area contributed by atoms with Crippen molar-refractivity contribution in [1.29, 1.82) is 0 Å². The maximum absolute atomic E-state index is 13.4. The maximum Gasteiger partial charge on any atom is 0.232 e. The van der Waals surface area contributed by atoms with Crippen LogP contribution in [0.5, 0.6) is 0 Å². The van der Waals surface area contributed by atoms with Gasteiger partial charge < -0.3 is 9.42 Å². The molecule has 0 bridgehead atoms. The van der Waals surface area contributed by atoms with Gasteiger partial charge in [-0.2, -0.15) is 4.98 Å². The lowest BCUT2D eigenvalue weighted by molar-refractivity contribution is -0.128. The molecule has 5 nitrogen and oxygen atoms in total. The summed E-state index contributed by atoms with van der Waals surface area (Å²) in [6.45, 7) is 4.48. The summed E-state index contributed by atoms with van der Waals surface area (Å²) >= 11 is 0. The largest absolute Gasteiger partial charge is 0.339 e. The van der Waals surface area contributed by atoms with Crippen LogP contribution in [0.4, 0.5) is 8.78 Å². The third-order valence-corrected chi connectivity index (χ3v) is 4.94. The van der Waals surface area contributed by atoms with Crippen LogP contribution in [0.3, 0.4) is 0 Å². The van der Waals surface area contributed by atoms with Crippen LogP contribution in [-0.4, -0.2) is 27.5 Å². The Labute approximate surface area is 161 Å². The minimum atomic E-state index is -0.659. The van der Waals surface area contributed by atoms with Crippen molar-refractivity contribution in [2.75, 3.05) is 6.54 Å². The van der Waals surface area contributed by atoms with Gasteiger partial charge in [0.1, 0.15) is 11.6 Å². The molecule has 7 heteroatoms. The molecule has 1 aliphatic rings. The van der Waals surface area contributed by atoms with E-state index in [1.807, 2.05) is 32.0 Å². The van der Waals surface area contributed by atoms with Crippen LogP contribution in [0.15, 0.2) is 40.9 Å². The molecule has 1 atom stereocenters. The van der Waals surface area contributed by atoms with Crippen LogP contribution in [0.25, 0.3) is 11.4 Å². The lowest BCUT2D eigenvalue weighted by Crippen LogP contribution is -2.24. The van der Waals surface area contributed by atoms with Gasteiger partial charge in [-0.1, -0.05) is 22.9 Å². The van der Waals surface area contributed by atoms with Gasteiger partial charge in [0.25, 0.3) is 0 Å². The molecule has 0 aliphatic carbocycles. The second kappa shape index (κ2) is 7.14. The summed E-state index contributed by atoms with van der Waals surface area (Å²) in [7, 11) is 0. The van der Waals surface area contributed by atoms with Crippen LogP contribution in [0, 0.1) is 25.5 Å². The highest BCUT2D eigenvalue weighted by Crippen LogP contribution is 2.30. The first kappa shape index (κ1) is 18.3. The molecule has 1 unspecified atom stereocenters. The number of carbonyl (C=O) groups is 1. The molecular formula is C21H19F2N3O2. The molecule has 2 aromatic carbocycles. The van der Waals surface area contributed by atoms with Crippen molar-refractivity contribution in [1.82, 2.24) is 15.0 Å². The normalized spacial score (nSPS) is 16.8. The van der Waals surface area contributed by atoms with Crippen LogP contribution >= 0.6 is 0 Å². The van der Waals surface area contributed by atoms with E-state index in [0.717, 1.165) is 22.8 Å².